The highest BCUT2D eigenvalue weighted by molar-refractivity contribution is 6.32. The predicted octanol–water partition coefficient (Wildman–Crippen LogP) is 1.59. The second-order valence-corrected chi connectivity index (χ2v) is 4.75. The fourth-order valence-electron chi connectivity index (χ4n) is 1.61. The number of nitrogens with one attached hydrogen (secondary N) is 3. The van der Waals surface area contributed by atoms with Crippen LogP contribution in [-0.2, 0) is 9.59 Å². The predicted molar refractivity (Wildman–Crippen MR) is 81.8 cm³/mol. The summed E-state index contributed by atoms with van der Waals surface area (Å²) >= 11 is 5.92. The smallest absolute Gasteiger partial charge is 0.243 e. The minimum atomic E-state index is -0.332. The highest BCUT2D eigenvalue weighted by atomic mass is 35.5. The van der Waals surface area contributed by atoms with Crippen molar-refractivity contribution in [3.05, 3.63) is 41.7 Å². The van der Waals surface area contributed by atoms with Gasteiger partial charge in [0.1, 0.15) is 5.75 Å². The van der Waals surface area contributed by atoms with E-state index in [1.807, 2.05) is 0 Å². The third-order valence-corrected chi connectivity index (χ3v) is 2.96. The standard InChI is InChI=1S/C14H15ClN4O3/c15-11-3-1-2-4-12(11)22-6-5-13(20)16-9-14(21)19-10-7-17-18-8-10/h1-4,7-8H,5-6,9H2,(H,16,20)(H,17,18)(H,19,21). The van der Waals surface area contributed by atoms with E-state index < -0.39 is 0 Å². The number of rotatable bonds is 7. The Balaban J connectivity index is 1.64. The number of para-hydroxylation sites is 1. The van der Waals surface area contributed by atoms with Crippen LogP contribution in [-0.4, -0.2) is 35.2 Å². The summed E-state index contributed by atoms with van der Waals surface area (Å²) in [5.74, 6) is -0.0918. The highest BCUT2D eigenvalue weighted by Crippen LogP contribution is 2.22. The number of benzene rings is 1. The fourth-order valence-corrected chi connectivity index (χ4v) is 1.80. The van der Waals surface area contributed by atoms with Crippen molar-refractivity contribution >= 4 is 29.1 Å². The molecule has 0 saturated heterocycles. The molecule has 1 aromatic carbocycles. The molecule has 2 aromatic rings. The number of hydrogen-bond donors (Lipinski definition) is 3. The summed E-state index contributed by atoms with van der Waals surface area (Å²) in [6.07, 6.45) is 3.14. The monoisotopic (exact) mass is 322 g/mol. The molecule has 116 valence electrons. The molecule has 0 aliphatic heterocycles. The molecule has 1 aromatic heterocycles. The highest BCUT2D eigenvalue weighted by Gasteiger charge is 2.07. The van der Waals surface area contributed by atoms with Crippen molar-refractivity contribution in [2.75, 3.05) is 18.5 Å². The van der Waals surface area contributed by atoms with Crippen molar-refractivity contribution < 1.29 is 14.3 Å². The molecular formula is C14H15ClN4O3. The number of nitrogens with zero attached hydrogens (tertiary/aromatic N) is 1. The van der Waals surface area contributed by atoms with Gasteiger partial charge in [0.05, 0.1) is 36.5 Å². The molecule has 22 heavy (non-hydrogen) atoms. The Kier molecular flexibility index (Phi) is 5.79. The van der Waals surface area contributed by atoms with Crippen molar-refractivity contribution in [2.24, 2.45) is 0 Å². The van der Waals surface area contributed by atoms with Crippen LogP contribution in [0, 0.1) is 0 Å². The number of aromatic nitrogens is 2. The topological polar surface area (TPSA) is 96.1 Å². The fraction of sp³-hybridized carbons (Fsp3) is 0.214. The Morgan fingerprint density at radius 3 is 2.82 bits per heavy atom. The molecule has 0 aliphatic carbocycles. The number of ether oxygens (including phenoxy) is 1. The average Bonchev–Trinajstić information content (AvgIpc) is 3.00. The summed E-state index contributed by atoms with van der Waals surface area (Å²) in [7, 11) is 0. The molecule has 0 bridgehead atoms. The molecule has 0 atom stereocenters. The molecule has 0 saturated carbocycles. The minimum Gasteiger partial charge on any atom is -0.491 e. The van der Waals surface area contributed by atoms with E-state index in [4.69, 9.17) is 16.3 Å². The first-order valence-corrected chi connectivity index (χ1v) is 6.95. The third-order valence-electron chi connectivity index (χ3n) is 2.65. The van der Waals surface area contributed by atoms with Gasteiger partial charge in [-0.2, -0.15) is 5.10 Å². The molecule has 0 radical (unpaired) electrons. The van der Waals surface area contributed by atoms with Gasteiger partial charge in [-0.15, -0.1) is 0 Å². The Labute approximate surface area is 132 Å². The molecule has 7 nitrogen and oxygen atoms in total. The Morgan fingerprint density at radius 2 is 2.09 bits per heavy atom. The minimum absolute atomic E-state index is 0.115. The second-order valence-electron chi connectivity index (χ2n) is 4.34. The van der Waals surface area contributed by atoms with Crippen molar-refractivity contribution in [1.82, 2.24) is 15.5 Å². The molecule has 1 heterocycles. The lowest BCUT2D eigenvalue weighted by atomic mass is 10.3. The van der Waals surface area contributed by atoms with Crippen LogP contribution in [0.15, 0.2) is 36.7 Å². The van der Waals surface area contributed by atoms with Gasteiger partial charge in [-0.3, -0.25) is 14.7 Å². The van der Waals surface area contributed by atoms with Crippen LogP contribution in [0.1, 0.15) is 6.42 Å². The molecule has 0 unspecified atom stereocenters. The van der Waals surface area contributed by atoms with Crippen LogP contribution in [0.3, 0.4) is 0 Å². The summed E-state index contributed by atoms with van der Waals surface area (Å²) in [4.78, 5) is 23.1. The number of carbonyl (C=O) groups excluding carboxylic acids is 2. The SMILES string of the molecule is O=C(CCOc1ccccc1Cl)NCC(=O)Nc1cn[nH]c1. The normalized spacial score (nSPS) is 10.0. The molecular weight excluding hydrogens is 308 g/mol. The largest absolute Gasteiger partial charge is 0.491 e. The first-order valence-electron chi connectivity index (χ1n) is 6.58. The lowest BCUT2D eigenvalue weighted by Crippen LogP contribution is -2.33. The van der Waals surface area contributed by atoms with E-state index in [0.29, 0.717) is 16.5 Å². The third kappa shape index (κ3) is 5.10. The zero-order valence-electron chi connectivity index (χ0n) is 11.6. The van der Waals surface area contributed by atoms with Crippen LogP contribution < -0.4 is 15.4 Å². The van der Waals surface area contributed by atoms with E-state index in [1.165, 1.54) is 12.4 Å². The number of H-pyrrole nitrogens is 1. The van der Waals surface area contributed by atoms with Crippen molar-refractivity contribution in [1.29, 1.82) is 0 Å². The molecule has 0 aliphatic rings. The lowest BCUT2D eigenvalue weighted by molar-refractivity contribution is -0.124. The number of halogens is 1. The van der Waals surface area contributed by atoms with Gasteiger partial charge >= 0.3 is 0 Å². The van der Waals surface area contributed by atoms with Gasteiger partial charge in [-0.1, -0.05) is 23.7 Å². The average molecular weight is 323 g/mol. The van der Waals surface area contributed by atoms with Gasteiger partial charge in [-0.25, -0.2) is 0 Å². The number of aromatic amines is 1. The van der Waals surface area contributed by atoms with Crippen LogP contribution in [0.2, 0.25) is 5.02 Å². The van der Waals surface area contributed by atoms with E-state index in [0.717, 1.165) is 0 Å². The van der Waals surface area contributed by atoms with E-state index >= 15 is 0 Å². The van der Waals surface area contributed by atoms with E-state index in [2.05, 4.69) is 20.8 Å². The van der Waals surface area contributed by atoms with Crippen LogP contribution in [0.5, 0.6) is 5.75 Å². The summed E-state index contributed by atoms with van der Waals surface area (Å²) < 4.78 is 5.39. The first kappa shape index (κ1) is 15.8. The van der Waals surface area contributed by atoms with Crippen molar-refractivity contribution in [2.45, 2.75) is 6.42 Å². The van der Waals surface area contributed by atoms with E-state index in [1.54, 1.807) is 24.3 Å². The molecule has 2 amide bonds. The number of amides is 2. The first-order chi connectivity index (χ1) is 10.6. The summed E-state index contributed by atoms with van der Waals surface area (Å²) in [6.45, 7) is 0.0645. The van der Waals surface area contributed by atoms with Gasteiger partial charge in [0.2, 0.25) is 11.8 Å². The van der Waals surface area contributed by atoms with Crippen molar-refractivity contribution in [3.8, 4) is 5.75 Å². The van der Waals surface area contributed by atoms with Gasteiger partial charge in [0, 0.05) is 6.20 Å². The molecule has 2 rings (SSSR count). The van der Waals surface area contributed by atoms with E-state index in [9.17, 15) is 9.59 Å². The Bertz CT molecular complexity index is 631. The number of carbonyl (C=O) groups is 2. The van der Waals surface area contributed by atoms with Gasteiger partial charge < -0.3 is 15.4 Å². The van der Waals surface area contributed by atoms with Crippen LogP contribution in [0.25, 0.3) is 0 Å². The maximum atomic E-state index is 11.6. The second kappa shape index (κ2) is 8.04. The van der Waals surface area contributed by atoms with Crippen LogP contribution in [0.4, 0.5) is 5.69 Å². The van der Waals surface area contributed by atoms with Crippen LogP contribution >= 0.6 is 11.6 Å². The van der Waals surface area contributed by atoms with Crippen molar-refractivity contribution in [3.63, 3.8) is 0 Å². The number of hydrogen-bond acceptors (Lipinski definition) is 4. The quantitative estimate of drug-likeness (QED) is 0.721. The summed E-state index contributed by atoms with van der Waals surface area (Å²) in [5.41, 5.74) is 0.543. The zero-order chi connectivity index (χ0) is 15.8. The molecule has 8 heteroatoms. The molecule has 0 spiro atoms. The van der Waals surface area contributed by atoms with E-state index in [-0.39, 0.29) is 31.4 Å². The summed E-state index contributed by atoms with van der Waals surface area (Å²) in [5, 5.41) is 11.8. The number of anilines is 1. The Morgan fingerprint density at radius 1 is 1.27 bits per heavy atom. The maximum absolute atomic E-state index is 11.6. The molecule has 0 fully saturated rings. The molecule has 3 N–H and O–H groups in total. The Hall–Kier alpha value is -2.54. The summed E-state index contributed by atoms with van der Waals surface area (Å²) in [6, 6.07) is 7.01. The maximum Gasteiger partial charge on any atom is 0.243 e. The van der Waals surface area contributed by atoms with Gasteiger partial charge in [-0.05, 0) is 12.1 Å². The zero-order valence-corrected chi connectivity index (χ0v) is 12.4. The van der Waals surface area contributed by atoms with Gasteiger partial charge in [0.25, 0.3) is 0 Å². The van der Waals surface area contributed by atoms with Gasteiger partial charge in [0.15, 0.2) is 0 Å². The lowest BCUT2D eigenvalue weighted by Gasteiger charge is -2.08.